The van der Waals surface area contributed by atoms with Crippen LogP contribution in [0.4, 0.5) is 5.69 Å². The Morgan fingerprint density at radius 2 is 2.06 bits per heavy atom. The Bertz CT molecular complexity index is 332. The van der Waals surface area contributed by atoms with Gasteiger partial charge in [-0.3, -0.25) is 0 Å². The van der Waals surface area contributed by atoms with Crippen molar-refractivity contribution in [2.24, 2.45) is 5.92 Å². The number of hydrogen-bond acceptors (Lipinski definition) is 2. The summed E-state index contributed by atoms with van der Waals surface area (Å²) in [5.41, 5.74) is 2.15. The van der Waals surface area contributed by atoms with Crippen LogP contribution < -0.4 is 5.32 Å². The van der Waals surface area contributed by atoms with Crippen LogP contribution in [0, 0.1) is 12.8 Å². The third-order valence-corrected chi connectivity index (χ3v) is 3.62. The van der Waals surface area contributed by atoms with Gasteiger partial charge in [-0.15, -0.1) is 0 Å². The minimum absolute atomic E-state index is 0.477. The summed E-state index contributed by atoms with van der Waals surface area (Å²) >= 11 is 6.13. The molecule has 0 aliphatic heterocycles. The van der Waals surface area contributed by atoms with E-state index in [1.165, 1.54) is 12.8 Å². The lowest BCUT2D eigenvalue weighted by atomic mass is 9.97. The molecule has 1 aromatic rings. The standard InChI is InChI=1S/C14H23ClN2/c1-5-10(3)9-12(6-2)17-13-11(4)7-8-16-14(13)15/h7-8,10,12,17H,5-6,9H2,1-4H3. The third-order valence-electron chi connectivity index (χ3n) is 3.34. The van der Waals surface area contributed by atoms with Crippen molar-refractivity contribution >= 4 is 17.3 Å². The van der Waals surface area contributed by atoms with Gasteiger partial charge in [-0.2, -0.15) is 0 Å². The average Bonchev–Trinajstić information content (AvgIpc) is 2.32. The molecule has 0 aromatic carbocycles. The van der Waals surface area contributed by atoms with Gasteiger partial charge in [0, 0.05) is 12.2 Å². The topological polar surface area (TPSA) is 24.9 Å². The molecule has 3 heteroatoms. The first-order valence-electron chi connectivity index (χ1n) is 6.46. The normalized spacial score (nSPS) is 14.4. The van der Waals surface area contributed by atoms with E-state index in [0.29, 0.717) is 11.2 Å². The predicted octanol–water partition coefficient (Wildman–Crippen LogP) is 4.67. The van der Waals surface area contributed by atoms with Crippen molar-refractivity contribution in [3.63, 3.8) is 0 Å². The van der Waals surface area contributed by atoms with Crippen LogP contribution in [-0.2, 0) is 0 Å². The monoisotopic (exact) mass is 254 g/mol. The molecule has 0 saturated heterocycles. The summed E-state index contributed by atoms with van der Waals surface area (Å²) in [6, 6.07) is 2.47. The van der Waals surface area contributed by atoms with Gasteiger partial charge in [0.2, 0.25) is 0 Å². The van der Waals surface area contributed by atoms with Crippen LogP contribution in [0.1, 0.15) is 45.6 Å². The van der Waals surface area contributed by atoms with Gasteiger partial charge in [0.15, 0.2) is 5.15 Å². The largest absolute Gasteiger partial charge is 0.380 e. The zero-order chi connectivity index (χ0) is 12.8. The quantitative estimate of drug-likeness (QED) is 0.747. The first-order valence-corrected chi connectivity index (χ1v) is 6.83. The van der Waals surface area contributed by atoms with Crippen molar-refractivity contribution < 1.29 is 0 Å². The number of halogens is 1. The minimum atomic E-state index is 0.477. The van der Waals surface area contributed by atoms with Gasteiger partial charge in [-0.1, -0.05) is 38.8 Å². The molecule has 0 aliphatic carbocycles. The van der Waals surface area contributed by atoms with E-state index in [0.717, 1.165) is 23.6 Å². The second-order valence-corrected chi connectivity index (χ2v) is 5.15. The first kappa shape index (κ1) is 14.3. The molecule has 17 heavy (non-hydrogen) atoms. The fourth-order valence-corrected chi connectivity index (χ4v) is 2.14. The molecule has 1 heterocycles. The maximum absolute atomic E-state index is 6.13. The number of aryl methyl sites for hydroxylation is 1. The molecule has 0 fully saturated rings. The van der Waals surface area contributed by atoms with Crippen LogP contribution in [0.25, 0.3) is 0 Å². The molecule has 0 spiro atoms. The molecule has 0 saturated carbocycles. The number of nitrogens with zero attached hydrogens (tertiary/aromatic N) is 1. The lowest BCUT2D eigenvalue weighted by molar-refractivity contribution is 0.461. The molecule has 96 valence electrons. The summed E-state index contributed by atoms with van der Waals surface area (Å²) in [7, 11) is 0. The summed E-state index contributed by atoms with van der Waals surface area (Å²) in [6.07, 6.45) is 5.25. The Hall–Kier alpha value is -0.760. The van der Waals surface area contributed by atoms with Gasteiger partial charge < -0.3 is 5.32 Å². The Labute approximate surface area is 110 Å². The molecule has 2 unspecified atom stereocenters. The summed E-state index contributed by atoms with van der Waals surface area (Å²) in [4.78, 5) is 4.13. The van der Waals surface area contributed by atoms with Crippen molar-refractivity contribution in [2.45, 2.75) is 53.0 Å². The summed E-state index contributed by atoms with van der Waals surface area (Å²) in [5.74, 6) is 0.739. The second kappa shape index (κ2) is 6.85. The SMILES string of the molecule is CCC(C)CC(CC)Nc1c(C)ccnc1Cl. The maximum Gasteiger partial charge on any atom is 0.152 e. The zero-order valence-corrected chi connectivity index (χ0v) is 12.0. The third kappa shape index (κ3) is 4.19. The number of pyridine rings is 1. The molecule has 2 atom stereocenters. The second-order valence-electron chi connectivity index (χ2n) is 4.79. The molecule has 1 rings (SSSR count). The average molecular weight is 255 g/mol. The van der Waals surface area contributed by atoms with E-state index in [1.54, 1.807) is 6.20 Å². The Kier molecular flexibility index (Phi) is 5.76. The fraction of sp³-hybridized carbons (Fsp3) is 0.643. The zero-order valence-electron chi connectivity index (χ0n) is 11.3. The van der Waals surface area contributed by atoms with Gasteiger partial charge in [-0.05, 0) is 37.3 Å². The summed E-state index contributed by atoms with van der Waals surface area (Å²) in [5, 5.41) is 4.11. The van der Waals surface area contributed by atoms with E-state index < -0.39 is 0 Å². The molecule has 0 aliphatic rings. The molecule has 2 nitrogen and oxygen atoms in total. The number of hydrogen-bond donors (Lipinski definition) is 1. The number of rotatable bonds is 6. The maximum atomic E-state index is 6.13. The number of aromatic nitrogens is 1. The molecule has 0 amide bonds. The molecule has 1 N–H and O–H groups in total. The summed E-state index contributed by atoms with van der Waals surface area (Å²) < 4.78 is 0. The lowest BCUT2D eigenvalue weighted by Crippen LogP contribution is -2.22. The van der Waals surface area contributed by atoms with E-state index in [1.807, 2.05) is 6.07 Å². The van der Waals surface area contributed by atoms with E-state index in [4.69, 9.17) is 11.6 Å². The molecule has 1 aromatic heterocycles. The smallest absolute Gasteiger partial charge is 0.152 e. The highest BCUT2D eigenvalue weighted by molar-refractivity contribution is 6.32. The highest BCUT2D eigenvalue weighted by Gasteiger charge is 2.13. The number of nitrogens with one attached hydrogen (secondary N) is 1. The molecular weight excluding hydrogens is 232 g/mol. The van der Waals surface area contributed by atoms with Crippen LogP contribution in [0.3, 0.4) is 0 Å². The van der Waals surface area contributed by atoms with Gasteiger partial charge in [0.25, 0.3) is 0 Å². The van der Waals surface area contributed by atoms with Crippen molar-refractivity contribution in [3.05, 3.63) is 23.0 Å². The first-order chi connectivity index (χ1) is 8.08. The van der Waals surface area contributed by atoms with Crippen LogP contribution in [-0.4, -0.2) is 11.0 Å². The van der Waals surface area contributed by atoms with E-state index in [2.05, 4.69) is 38.0 Å². The molecular formula is C14H23ClN2. The van der Waals surface area contributed by atoms with Crippen LogP contribution in [0.5, 0.6) is 0 Å². The van der Waals surface area contributed by atoms with Gasteiger partial charge in [0.1, 0.15) is 0 Å². The summed E-state index contributed by atoms with van der Waals surface area (Å²) in [6.45, 7) is 8.80. The Morgan fingerprint density at radius 1 is 1.35 bits per heavy atom. The highest BCUT2D eigenvalue weighted by Crippen LogP contribution is 2.25. The Balaban J connectivity index is 2.73. The van der Waals surface area contributed by atoms with E-state index >= 15 is 0 Å². The van der Waals surface area contributed by atoms with E-state index in [-0.39, 0.29) is 0 Å². The van der Waals surface area contributed by atoms with Gasteiger partial charge >= 0.3 is 0 Å². The van der Waals surface area contributed by atoms with Crippen LogP contribution >= 0.6 is 11.6 Å². The minimum Gasteiger partial charge on any atom is -0.380 e. The van der Waals surface area contributed by atoms with Gasteiger partial charge in [0.05, 0.1) is 5.69 Å². The highest BCUT2D eigenvalue weighted by atomic mass is 35.5. The Morgan fingerprint density at radius 3 is 2.59 bits per heavy atom. The van der Waals surface area contributed by atoms with Crippen LogP contribution in [0.2, 0.25) is 5.15 Å². The molecule has 0 radical (unpaired) electrons. The lowest BCUT2D eigenvalue weighted by Gasteiger charge is -2.22. The van der Waals surface area contributed by atoms with Crippen molar-refractivity contribution in [1.82, 2.24) is 4.98 Å². The number of anilines is 1. The fourth-order valence-electron chi connectivity index (χ4n) is 1.88. The van der Waals surface area contributed by atoms with Crippen molar-refractivity contribution in [1.29, 1.82) is 0 Å². The predicted molar refractivity (Wildman–Crippen MR) is 75.8 cm³/mol. The molecule has 0 bridgehead atoms. The van der Waals surface area contributed by atoms with E-state index in [9.17, 15) is 0 Å². The van der Waals surface area contributed by atoms with Crippen molar-refractivity contribution in [3.8, 4) is 0 Å². The van der Waals surface area contributed by atoms with Gasteiger partial charge in [-0.25, -0.2) is 4.98 Å². The van der Waals surface area contributed by atoms with Crippen LogP contribution in [0.15, 0.2) is 12.3 Å². The van der Waals surface area contributed by atoms with Crippen molar-refractivity contribution in [2.75, 3.05) is 5.32 Å².